The van der Waals surface area contributed by atoms with Gasteiger partial charge in [-0.1, -0.05) is 18.2 Å². The molecule has 148 valence electrons. The van der Waals surface area contributed by atoms with Gasteiger partial charge in [-0.2, -0.15) is 0 Å². The monoisotopic (exact) mass is 383 g/mol. The highest BCUT2D eigenvalue weighted by Crippen LogP contribution is 2.28. The average Bonchev–Trinajstić information content (AvgIpc) is 3.44. The van der Waals surface area contributed by atoms with E-state index in [0.717, 1.165) is 51.8 Å². The minimum atomic E-state index is -0.320. The number of hydrogen-bond acceptors (Lipinski definition) is 5. The Morgan fingerprint density at radius 1 is 1.14 bits per heavy atom. The fraction of sp³-hybridized carbons (Fsp3) is 0.476. The molecule has 2 amide bonds. The first-order valence-corrected chi connectivity index (χ1v) is 9.96. The largest absolute Gasteiger partial charge is 0.443 e. The summed E-state index contributed by atoms with van der Waals surface area (Å²) < 4.78 is 11.1. The summed E-state index contributed by atoms with van der Waals surface area (Å²) in [5.74, 6) is -0.0253. The molecule has 1 aromatic heterocycles. The molecule has 1 aromatic carbocycles. The third kappa shape index (κ3) is 3.94. The van der Waals surface area contributed by atoms with Gasteiger partial charge in [0.2, 0.25) is 0 Å². The lowest BCUT2D eigenvalue weighted by atomic mass is 10.0. The molecule has 0 spiro atoms. The zero-order valence-electron chi connectivity index (χ0n) is 15.9. The van der Waals surface area contributed by atoms with Gasteiger partial charge in [-0.05, 0) is 38.2 Å². The van der Waals surface area contributed by atoms with E-state index >= 15 is 0 Å². The minimum Gasteiger partial charge on any atom is -0.443 e. The number of nitrogens with one attached hydrogen (secondary N) is 1. The molecule has 2 fully saturated rings. The maximum Gasteiger partial charge on any atom is 0.274 e. The summed E-state index contributed by atoms with van der Waals surface area (Å²) in [7, 11) is 0. The summed E-state index contributed by atoms with van der Waals surface area (Å²) >= 11 is 0. The van der Waals surface area contributed by atoms with Crippen LogP contribution in [0.1, 0.15) is 53.0 Å². The van der Waals surface area contributed by atoms with E-state index < -0.39 is 0 Å². The first kappa shape index (κ1) is 18.7. The lowest BCUT2D eigenvalue weighted by Crippen LogP contribution is -2.36. The smallest absolute Gasteiger partial charge is 0.274 e. The Morgan fingerprint density at radius 3 is 2.75 bits per heavy atom. The molecular formula is C21H25N3O4. The van der Waals surface area contributed by atoms with Gasteiger partial charge < -0.3 is 19.4 Å². The molecule has 0 saturated carbocycles. The van der Waals surface area contributed by atoms with Gasteiger partial charge in [0.05, 0.1) is 11.7 Å². The van der Waals surface area contributed by atoms with Gasteiger partial charge in [0, 0.05) is 31.8 Å². The maximum atomic E-state index is 13.0. The van der Waals surface area contributed by atoms with Crippen LogP contribution < -0.4 is 5.32 Å². The Labute approximate surface area is 164 Å². The number of benzene rings is 1. The summed E-state index contributed by atoms with van der Waals surface area (Å²) in [6, 6.07) is 7.24. The molecule has 2 aliphatic rings. The van der Waals surface area contributed by atoms with Gasteiger partial charge in [0.1, 0.15) is 0 Å². The third-order valence-electron chi connectivity index (χ3n) is 5.34. The molecule has 1 N–H and O–H groups in total. The van der Waals surface area contributed by atoms with Crippen LogP contribution in [-0.2, 0) is 4.74 Å². The minimum absolute atomic E-state index is 0.0302. The lowest BCUT2D eigenvalue weighted by molar-refractivity contribution is 0.0724. The Morgan fingerprint density at radius 2 is 1.96 bits per heavy atom. The summed E-state index contributed by atoms with van der Waals surface area (Å²) in [6.45, 7) is 2.71. The fourth-order valence-electron chi connectivity index (χ4n) is 3.83. The molecule has 0 aliphatic carbocycles. The van der Waals surface area contributed by atoms with Crippen LogP contribution in [-0.4, -0.2) is 54.0 Å². The van der Waals surface area contributed by atoms with E-state index in [9.17, 15) is 9.59 Å². The first-order chi connectivity index (χ1) is 13.7. The molecule has 4 rings (SSSR count). The Balaban J connectivity index is 1.55. The van der Waals surface area contributed by atoms with E-state index in [2.05, 4.69) is 10.3 Å². The second-order valence-corrected chi connectivity index (χ2v) is 7.27. The van der Waals surface area contributed by atoms with Gasteiger partial charge in [-0.25, -0.2) is 4.98 Å². The van der Waals surface area contributed by atoms with Crippen molar-refractivity contribution in [2.75, 3.05) is 26.2 Å². The predicted octanol–water partition coefficient (Wildman–Crippen LogP) is 2.88. The van der Waals surface area contributed by atoms with Gasteiger partial charge >= 0.3 is 0 Å². The quantitative estimate of drug-likeness (QED) is 0.858. The van der Waals surface area contributed by atoms with Crippen LogP contribution in [0.3, 0.4) is 0 Å². The number of carbonyl (C=O) groups excluding carboxylic acids is 2. The normalized spacial score (nSPS) is 19.6. The molecule has 1 atom stereocenters. The second kappa shape index (κ2) is 8.56. The van der Waals surface area contributed by atoms with Gasteiger partial charge in [0.15, 0.2) is 17.8 Å². The van der Waals surface area contributed by atoms with E-state index in [4.69, 9.17) is 9.15 Å². The van der Waals surface area contributed by atoms with E-state index in [-0.39, 0.29) is 23.6 Å². The SMILES string of the molecule is O=C(NC[C@H]1CCCO1)c1ncoc1-c1ccccc1C(=O)N1CCCCC1. The van der Waals surface area contributed by atoms with Crippen LogP contribution in [0.4, 0.5) is 0 Å². The summed E-state index contributed by atoms with van der Waals surface area (Å²) in [5, 5.41) is 2.87. The van der Waals surface area contributed by atoms with Crippen molar-refractivity contribution in [2.24, 2.45) is 0 Å². The molecule has 7 heteroatoms. The molecule has 0 bridgehead atoms. The van der Waals surface area contributed by atoms with E-state index in [1.807, 2.05) is 17.0 Å². The van der Waals surface area contributed by atoms with E-state index in [0.29, 0.717) is 23.4 Å². The van der Waals surface area contributed by atoms with Gasteiger partial charge in [-0.3, -0.25) is 9.59 Å². The van der Waals surface area contributed by atoms with Crippen molar-refractivity contribution in [3.05, 3.63) is 41.9 Å². The number of likely N-dealkylation sites (tertiary alicyclic amines) is 1. The molecule has 2 aliphatic heterocycles. The van der Waals surface area contributed by atoms with Crippen LogP contribution in [0.2, 0.25) is 0 Å². The van der Waals surface area contributed by atoms with Crippen molar-refractivity contribution in [1.82, 2.24) is 15.2 Å². The average molecular weight is 383 g/mol. The highest BCUT2D eigenvalue weighted by atomic mass is 16.5. The number of carbonyl (C=O) groups is 2. The van der Waals surface area contributed by atoms with Gasteiger partial charge in [-0.15, -0.1) is 0 Å². The molecule has 3 heterocycles. The number of amides is 2. The van der Waals surface area contributed by atoms with Crippen molar-refractivity contribution in [2.45, 2.75) is 38.2 Å². The molecule has 2 aromatic rings. The van der Waals surface area contributed by atoms with E-state index in [1.165, 1.54) is 6.39 Å². The molecule has 0 radical (unpaired) electrons. The molecule has 28 heavy (non-hydrogen) atoms. The number of hydrogen-bond donors (Lipinski definition) is 1. The molecule has 2 saturated heterocycles. The number of aromatic nitrogens is 1. The highest BCUT2D eigenvalue weighted by Gasteiger charge is 2.26. The summed E-state index contributed by atoms with van der Waals surface area (Å²) in [6.07, 6.45) is 6.45. The maximum absolute atomic E-state index is 13.0. The number of nitrogens with zero attached hydrogens (tertiary/aromatic N) is 2. The topological polar surface area (TPSA) is 84.7 Å². The zero-order chi connectivity index (χ0) is 19.3. The van der Waals surface area contributed by atoms with Crippen molar-refractivity contribution in [3.63, 3.8) is 0 Å². The van der Waals surface area contributed by atoms with Crippen LogP contribution in [0.25, 0.3) is 11.3 Å². The number of rotatable bonds is 5. The van der Waals surface area contributed by atoms with Crippen molar-refractivity contribution in [1.29, 1.82) is 0 Å². The predicted molar refractivity (Wildman–Crippen MR) is 103 cm³/mol. The molecule has 7 nitrogen and oxygen atoms in total. The first-order valence-electron chi connectivity index (χ1n) is 9.96. The van der Waals surface area contributed by atoms with Crippen molar-refractivity contribution in [3.8, 4) is 11.3 Å². The summed E-state index contributed by atoms with van der Waals surface area (Å²) in [5.41, 5.74) is 1.32. The second-order valence-electron chi connectivity index (χ2n) is 7.27. The third-order valence-corrected chi connectivity index (χ3v) is 5.34. The highest BCUT2D eigenvalue weighted by molar-refractivity contribution is 6.04. The van der Waals surface area contributed by atoms with Crippen molar-refractivity contribution < 1.29 is 18.7 Å². The van der Waals surface area contributed by atoms with Gasteiger partial charge in [0.25, 0.3) is 11.8 Å². The van der Waals surface area contributed by atoms with Crippen LogP contribution in [0.5, 0.6) is 0 Å². The lowest BCUT2D eigenvalue weighted by Gasteiger charge is -2.27. The Hall–Kier alpha value is -2.67. The Bertz CT molecular complexity index is 836. The number of ether oxygens (including phenoxy) is 1. The molecule has 0 unspecified atom stereocenters. The van der Waals surface area contributed by atoms with E-state index in [1.54, 1.807) is 12.1 Å². The number of oxazole rings is 1. The van der Waals surface area contributed by atoms with Crippen LogP contribution in [0.15, 0.2) is 35.1 Å². The fourth-order valence-corrected chi connectivity index (χ4v) is 3.83. The standard InChI is InChI=1S/C21H25N3O4/c25-20(22-13-15-7-6-12-27-15)18-19(28-14-23-18)16-8-2-3-9-17(16)21(26)24-10-4-1-5-11-24/h2-3,8-9,14-15H,1,4-7,10-13H2,(H,22,25)/t15-/m1/s1. The summed E-state index contributed by atoms with van der Waals surface area (Å²) in [4.78, 5) is 31.7. The van der Waals surface area contributed by atoms with Crippen molar-refractivity contribution >= 4 is 11.8 Å². The number of piperidine rings is 1. The zero-order valence-corrected chi connectivity index (χ0v) is 15.9. The Kier molecular flexibility index (Phi) is 5.71. The van der Waals surface area contributed by atoms with Crippen LogP contribution in [0, 0.1) is 0 Å². The van der Waals surface area contributed by atoms with Crippen LogP contribution >= 0.6 is 0 Å². The molecular weight excluding hydrogens is 358 g/mol.